The minimum Gasteiger partial charge on any atom is -0.326 e. The van der Waals surface area contributed by atoms with Crippen LogP contribution in [0.1, 0.15) is 16.1 Å². The van der Waals surface area contributed by atoms with E-state index in [1.54, 1.807) is 16.8 Å². The quantitative estimate of drug-likeness (QED) is 0.671. The lowest BCUT2D eigenvalue weighted by molar-refractivity contribution is -0.115. The summed E-state index contributed by atoms with van der Waals surface area (Å²) < 4.78 is 13.1. The fraction of sp³-hybridized carbons (Fsp3) is 0.0625. The summed E-state index contributed by atoms with van der Waals surface area (Å²) in [6.07, 6.45) is 0.0276. The number of thiophene rings is 1. The molecule has 9 heteroatoms. The van der Waals surface area contributed by atoms with E-state index in [1.807, 2.05) is 5.38 Å². The van der Waals surface area contributed by atoms with E-state index in [0.29, 0.717) is 22.1 Å². The summed E-state index contributed by atoms with van der Waals surface area (Å²) in [7, 11) is 0. The molecule has 0 fully saturated rings. The molecule has 3 rings (SSSR count). The third-order valence-corrected chi connectivity index (χ3v) is 4.88. The molecule has 0 atom stereocenters. The molecule has 128 valence electrons. The Balaban J connectivity index is 1.58. The molecule has 1 aromatic carbocycles. The summed E-state index contributed by atoms with van der Waals surface area (Å²) in [5, 5.41) is 10.9. The smallest absolute Gasteiger partial charge is 0.258 e. The maximum Gasteiger partial charge on any atom is 0.258 e. The van der Waals surface area contributed by atoms with Crippen molar-refractivity contribution in [2.75, 3.05) is 10.6 Å². The number of thiazole rings is 1. The Morgan fingerprint density at radius 1 is 1.20 bits per heavy atom. The van der Waals surface area contributed by atoms with Crippen LogP contribution in [0, 0.1) is 5.82 Å². The van der Waals surface area contributed by atoms with Crippen LogP contribution in [0.2, 0.25) is 5.02 Å². The molecule has 5 nitrogen and oxygen atoms in total. The van der Waals surface area contributed by atoms with Crippen molar-refractivity contribution in [3.8, 4) is 0 Å². The highest BCUT2D eigenvalue weighted by atomic mass is 35.5. The normalized spacial score (nSPS) is 10.5. The summed E-state index contributed by atoms with van der Waals surface area (Å²) >= 11 is 8.34. The van der Waals surface area contributed by atoms with E-state index < -0.39 is 5.82 Å². The Morgan fingerprint density at radius 3 is 2.76 bits per heavy atom. The number of halogens is 2. The number of benzene rings is 1. The van der Waals surface area contributed by atoms with Gasteiger partial charge in [0.1, 0.15) is 5.82 Å². The molecule has 0 spiro atoms. The third kappa shape index (κ3) is 4.62. The first kappa shape index (κ1) is 17.5. The summed E-state index contributed by atoms with van der Waals surface area (Å²) in [5.74, 6) is -1.11. The molecule has 0 aliphatic heterocycles. The van der Waals surface area contributed by atoms with Crippen molar-refractivity contribution >= 4 is 56.9 Å². The average Bonchev–Trinajstić information content (AvgIpc) is 3.23. The average molecular weight is 396 g/mol. The Hall–Kier alpha value is -2.29. The molecule has 0 radical (unpaired) electrons. The third-order valence-electron chi connectivity index (χ3n) is 3.10. The number of amides is 2. The molecule has 2 heterocycles. The first-order valence-corrected chi connectivity index (χ1v) is 9.24. The molecule has 25 heavy (non-hydrogen) atoms. The van der Waals surface area contributed by atoms with Crippen LogP contribution in [0.4, 0.5) is 15.2 Å². The molecular formula is C16H11ClFN3O2S2. The highest BCUT2D eigenvalue weighted by molar-refractivity contribution is 7.14. The van der Waals surface area contributed by atoms with Crippen LogP contribution < -0.4 is 10.6 Å². The number of nitrogens with zero attached hydrogens (tertiary/aromatic N) is 1. The van der Waals surface area contributed by atoms with Crippen LogP contribution in [-0.4, -0.2) is 16.8 Å². The van der Waals surface area contributed by atoms with Crippen molar-refractivity contribution in [1.29, 1.82) is 0 Å². The van der Waals surface area contributed by atoms with Crippen molar-refractivity contribution in [3.05, 3.63) is 62.5 Å². The van der Waals surface area contributed by atoms with Crippen LogP contribution in [0.3, 0.4) is 0 Å². The van der Waals surface area contributed by atoms with Crippen LogP contribution >= 0.6 is 34.3 Å². The number of rotatable bonds is 5. The maximum atomic E-state index is 13.1. The Labute approximate surface area is 155 Å². The Morgan fingerprint density at radius 2 is 2.04 bits per heavy atom. The monoisotopic (exact) mass is 395 g/mol. The number of aromatic nitrogens is 1. The van der Waals surface area contributed by atoms with Crippen molar-refractivity contribution in [1.82, 2.24) is 4.98 Å². The molecule has 2 N–H and O–H groups in total. The molecule has 0 saturated carbocycles. The minimum absolute atomic E-state index is 0.0276. The SMILES string of the molecule is O=C(Cc1csc(NC(=O)c2ccsc2)n1)Nc1ccc(F)c(Cl)c1. The predicted molar refractivity (Wildman–Crippen MR) is 98.1 cm³/mol. The number of anilines is 2. The summed E-state index contributed by atoms with van der Waals surface area (Å²) in [4.78, 5) is 28.2. The van der Waals surface area contributed by atoms with Gasteiger partial charge in [0.2, 0.25) is 5.91 Å². The fourth-order valence-electron chi connectivity index (χ4n) is 1.95. The molecular weight excluding hydrogens is 385 g/mol. The van der Waals surface area contributed by atoms with E-state index in [4.69, 9.17) is 11.6 Å². The minimum atomic E-state index is -0.551. The molecule has 2 amide bonds. The first-order valence-electron chi connectivity index (χ1n) is 7.04. The van der Waals surface area contributed by atoms with E-state index in [2.05, 4.69) is 15.6 Å². The van der Waals surface area contributed by atoms with Gasteiger partial charge in [-0.15, -0.1) is 11.3 Å². The van der Waals surface area contributed by atoms with Gasteiger partial charge in [0.15, 0.2) is 5.13 Å². The second-order valence-electron chi connectivity index (χ2n) is 4.96. The van der Waals surface area contributed by atoms with Gasteiger partial charge in [0.25, 0.3) is 5.91 Å². The van der Waals surface area contributed by atoms with Gasteiger partial charge in [-0.2, -0.15) is 11.3 Å². The van der Waals surface area contributed by atoms with E-state index >= 15 is 0 Å². The van der Waals surface area contributed by atoms with Crippen molar-refractivity contribution in [2.45, 2.75) is 6.42 Å². The van der Waals surface area contributed by atoms with E-state index in [-0.39, 0.29) is 23.3 Å². The molecule has 0 aliphatic carbocycles. The molecule has 3 aromatic rings. The van der Waals surface area contributed by atoms with Gasteiger partial charge in [-0.05, 0) is 29.6 Å². The van der Waals surface area contributed by atoms with Crippen LogP contribution in [0.15, 0.2) is 40.4 Å². The molecule has 0 saturated heterocycles. The van der Waals surface area contributed by atoms with Crippen molar-refractivity contribution in [3.63, 3.8) is 0 Å². The van der Waals surface area contributed by atoms with Crippen molar-refractivity contribution in [2.24, 2.45) is 0 Å². The van der Waals surface area contributed by atoms with Gasteiger partial charge in [-0.3, -0.25) is 14.9 Å². The van der Waals surface area contributed by atoms with E-state index in [1.165, 1.54) is 40.9 Å². The van der Waals surface area contributed by atoms with Gasteiger partial charge < -0.3 is 5.32 Å². The number of carbonyl (C=O) groups is 2. The lowest BCUT2D eigenvalue weighted by Gasteiger charge is -2.05. The van der Waals surface area contributed by atoms with E-state index in [0.717, 1.165) is 0 Å². The van der Waals surface area contributed by atoms with Gasteiger partial charge in [0, 0.05) is 16.4 Å². The largest absolute Gasteiger partial charge is 0.326 e. The van der Waals surface area contributed by atoms with E-state index in [9.17, 15) is 14.0 Å². The molecule has 0 aliphatic rings. The molecule has 0 unspecified atom stereocenters. The van der Waals surface area contributed by atoms with Gasteiger partial charge in [-0.1, -0.05) is 11.6 Å². The lowest BCUT2D eigenvalue weighted by atomic mass is 10.2. The number of hydrogen-bond acceptors (Lipinski definition) is 5. The van der Waals surface area contributed by atoms with Gasteiger partial charge in [0.05, 0.1) is 22.7 Å². The highest BCUT2D eigenvalue weighted by Gasteiger charge is 2.12. The fourth-order valence-corrected chi connectivity index (χ4v) is 3.47. The van der Waals surface area contributed by atoms with Gasteiger partial charge in [-0.25, -0.2) is 9.37 Å². The van der Waals surface area contributed by atoms with Gasteiger partial charge >= 0.3 is 0 Å². The summed E-state index contributed by atoms with van der Waals surface area (Å²) in [5.41, 5.74) is 1.49. The van der Waals surface area contributed by atoms with Crippen LogP contribution in [-0.2, 0) is 11.2 Å². The van der Waals surface area contributed by atoms with Crippen molar-refractivity contribution < 1.29 is 14.0 Å². The second-order valence-corrected chi connectivity index (χ2v) is 7.01. The maximum absolute atomic E-state index is 13.1. The zero-order chi connectivity index (χ0) is 17.8. The zero-order valence-corrected chi connectivity index (χ0v) is 15.0. The first-order chi connectivity index (χ1) is 12.0. The summed E-state index contributed by atoms with van der Waals surface area (Å²) in [6, 6.07) is 5.66. The zero-order valence-electron chi connectivity index (χ0n) is 12.6. The lowest BCUT2D eigenvalue weighted by Crippen LogP contribution is -2.15. The second kappa shape index (κ2) is 7.73. The van der Waals surface area contributed by atoms with Crippen LogP contribution in [0.5, 0.6) is 0 Å². The van der Waals surface area contributed by atoms with Crippen LogP contribution in [0.25, 0.3) is 0 Å². The molecule has 0 bridgehead atoms. The number of nitrogens with one attached hydrogen (secondary N) is 2. The number of carbonyl (C=O) groups excluding carboxylic acids is 2. The predicted octanol–water partition coefficient (Wildman–Crippen LogP) is 4.43. The molecule has 2 aromatic heterocycles. The topological polar surface area (TPSA) is 71.1 Å². The summed E-state index contributed by atoms with van der Waals surface area (Å²) in [6.45, 7) is 0. The Bertz CT molecular complexity index is 912. The number of hydrogen-bond donors (Lipinski definition) is 2. The standard InChI is InChI=1S/C16H11ClFN3O2S2/c17-12-5-10(1-2-13(12)18)19-14(22)6-11-8-25-16(20-11)21-15(23)9-3-4-24-7-9/h1-5,7-8H,6H2,(H,19,22)(H,20,21,23). The Kier molecular flexibility index (Phi) is 5.42. The highest BCUT2D eigenvalue weighted by Crippen LogP contribution is 2.21.